The highest BCUT2D eigenvalue weighted by Crippen LogP contribution is 2.36. The molecular weight excluding hydrogens is 340 g/mol. The van der Waals surface area contributed by atoms with Gasteiger partial charge in [0, 0.05) is 72.7 Å². The molecule has 2 rings (SSSR count). The molecule has 1 aromatic carbocycles. The van der Waals surface area contributed by atoms with Crippen LogP contribution in [0.5, 0.6) is 0 Å². The number of nitrogens with zero attached hydrogens (tertiary/aromatic N) is 2. The van der Waals surface area contributed by atoms with Gasteiger partial charge >= 0.3 is 0 Å². The Morgan fingerprint density at radius 2 is 1.08 bits per heavy atom. The molecule has 8 nitrogen and oxygen atoms in total. The molecule has 0 heterocycles. The number of carbonyl (C=O) groups is 2. The fourth-order valence-corrected chi connectivity index (χ4v) is 2.85. The topological polar surface area (TPSA) is 120 Å². The third kappa shape index (κ3) is 3.40. The van der Waals surface area contributed by atoms with Crippen LogP contribution in [0.3, 0.4) is 0 Å². The molecule has 0 aromatic heterocycles. The van der Waals surface area contributed by atoms with E-state index in [1.807, 2.05) is 0 Å². The fraction of sp³-hybridized carbons (Fsp3) is 0.444. The summed E-state index contributed by atoms with van der Waals surface area (Å²) in [7, 11) is 0. The van der Waals surface area contributed by atoms with Crippen LogP contribution in [0.2, 0.25) is 0 Å². The van der Waals surface area contributed by atoms with Crippen molar-refractivity contribution in [1.29, 1.82) is 0 Å². The Morgan fingerprint density at radius 1 is 0.769 bits per heavy atom. The predicted octanol–water partition coefficient (Wildman–Crippen LogP) is 3.25. The predicted molar refractivity (Wildman–Crippen MR) is 93.5 cm³/mol. The van der Waals surface area contributed by atoms with Crippen LogP contribution >= 0.6 is 0 Å². The molecule has 0 radical (unpaired) electrons. The number of fused-ring (bicyclic) bond motifs is 1. The monoisotopic (exact) mass is 360 g/mol. The summed E-state index contributed by atoms with van der Waals surface area (Å²) < 4.78 is 0. The number of benzene rings is 1. The molecule has 0 bridgehead atoms. The second-order valence-electron chi connectivity index (χ2n) is 7.65. The van der Waals surface area contributed by atoms with Gasteiger partial charge in [-0.15, -0.1) is 0 Å². The molecule has 8 heteroatoms. The minimum absolute atomic E-state index is 0.00896. The van der Waals surface area contributed by atoms with Gasteiger partial charge in [-0.1, -0.05) is 24.3 Å². The third-order valence-electron chi connectivity index (χ3n) is 4.54. The lowest BCUT2D eigenvalue weighted by atomic mass is 9.76. The van der Waals surface area contributed by atoms with Crippen LogP contribution in [0, 0.1) is 20.2 Å². The number of Topliss-reactive ketones (excluding diaryl/α,β-unsaturated/α-hetero) is 2. The van der Waals surface area contributed by atoms with Crippen molar-refractivity contribution in [3.63, 3.8) is 0 Å². The van der Waals surface area contributed by atoms with E-state index in [2.05, 4.69) is 0 Å². The highest BCUT2D eigenvalue weighted by molar-refractivity contribution is 6.27. The zero-order valence-corrected chi connectivity index (χ0v) is 15.1. The van der Waals surface area contributed by atoms with E-state index in [9.17, 15) is 29.8 Å². The summed E-state index contributed by atoms with van der Waals surface area (Å²) in [6.45, 7) is 5.42. The van der Waals surface area contributed by atoms with Crippen LogP contribution in [-0.2, 0) is 0 Å². The second kappa shape index (κ2) is 6.44. The first kappa shape index (κ1) is 19.4. The Morgan fingerprint density at radius 3 is 1.35 bits per heavy atom. The van der Waals surface area contributed by atoms with Crippen molar-refractivity contribution in [1.82, 2.24) is 0 Å². The van der Waals surface area contributed by atoms with Crippen molar-refractivity contribution in [2.75, 3.05) is 0 Å². The summed E-state index contributed by atoms with van der Waals surface area (Å²) in [4.78, 5) is 47.4. The number of nitro groups is 2. The summed E-state index contributed by atoms with van der Waals surface area (Å²) in [5, 5.41) is 22.6. The van der Waals surface area contributed by atoms with Crippen molar-refractivity contribution in [2.24, 2.45) is 0 Å². The highest BCUT2D eigenvalue weighted by atomic mass is 16.6. The van der Waals surface area contributed by atoms with E-state index in [0.717, 1.165) is 0 Å². The molecule has 1 aromatic rings. The molecule has 0 spiro atoms. The van der Waals surface area contributed by atoms with Crippen LogP contribution in [0.15, 0.2) is 35.4 Å². The van der Waals surface area contributed by atoms with E-state index in [0.29, 0.717) is 0 Å². The lowest BCUT2D eigenvalue weighted by molar-refractivity contribution is -0.560. The maximum absolute atomic E-state index is 12.9. The van der Waals surface area contributed by atoms with Gasteiger partial charge in [-0.2, -0.15) is 0 Å². The summed E-state index contributed by atoms with van der Waals surface area (Å²) in [6.07, 6.45) is -0.552. The minimum Gasteiger partial charge on any atom is -0.289 e. The first-order chi connectivity index (χ1) is 11.9. The van der Waals surface area contributed by atoms with Gasteiger partial charge < -0.3 is 0 Å². The molecule has 1 aliphatic carbocycles. The van der Waals surface area contributed by atoms with Gasteiger partial charge in [0.1, 0.15) is 0 Å². The normalized spacial score (nSPS) is 15.1. The van der Waals surface area contributed by atoms with Gasteiger partial charge in [-0.25, -0.2) is 0 Å². The summed E-state index contributed by atoms with van der Waals surface area (Å²) in [5.41, 5.74) is -2.64. The molecule has 26 heavy (non-hydrogen) atoms. The lowest BCUT2D eigenvalue weighted by Crippen LogP contribution is -2.37. The van der Waals surface area contributed by atoms with Gasteiger partial charge in [0.2, 0.25) is 11.1 Å². The smallest absolute Gasteiger partial charge is 0.220 e. The fourth-order valence-electron chi connectivity index (χ4n) is 2.85. The molecule has 0 saturated heterocycles. The second-order valence-corrected chi connectivity index (χ2v) is 7.65. The van der Waals surface area contributed by atoms with Crippen molar-refractivity contribution in [3.8, 4) is 0 Å². The Hall–Kier alpha value is -2.90. The Bertz CT molecular complexity index is 782. The number of ketones is 2. The van der Waals surface area contributed by atoms with Crippen LogP contribution in [0.1, 0.15) is 61.3 Å². The van der Waals surface area contributed by atoms with E-state index in [1.165, 1.54) is 39.8 Å². The molecule has 138 valence electrons. The largest absolute Gasteiger partial charge is 0.289 e. The van der Waals surface area contributed by atoms with Gasteiger partial charge in [-0.3, -0.25) is 29.8 Å². The van der Waals surface area contributed by atoms with Gasteiger partial charge in [0.25, 0.3) is 0 Å². The Labute approximate surface area is 150 Å². The molecule has 1 aliphatic rings. The van der Waals surface area contributed by atoms with Crippen LogP contribution in [0.4, 0.5) is 0 Å². The van der Waals surface area contributed by atoms with Crippen LogP contribution in [-0.4, -0.2) is 32.5 Å². The molecule has 0 aliphatic heterocycles. The van der Waals surface area contributed by atoms with E-state index >= 15 is 0 Å². The number of hydrogen-bond acceptors (Lipinski definition) is 6. The van der Waals surface area contributed by atoms with Crippen molar-refractivity contribution in [3.05, 3.63) is 66.8 Å². The Balaban J connectivity index is 2.65. The lowest BCUT2D eigenvalue weighted by Gasteiger charge is -2.26. The van der Waals surface area contributed by atoms with Crippen molar-refractivity contribution < 1.29 is 19.4 Å². The molecule has 0 fully saturated rings. The van der Waals surface area contributed by atoms with Crippen molar-refractivity contribution >= 4 is 11.6 Å². The zero-order valence-electron chi connectivity index (χ0n) is 15.1. The number of hydrogen-bond donors (Lipinski definition) is 0. The average molecular weight is 360 g/mol. The summed E-state index contributed by atoms with van der Waals surface area (Å²) in [5.74, 6) is -0.964. The van der Waals surface area contributed by atoms with E-state index in [1.54, 1.807) is 12.1 Å². The minimum atomic E-state index is -1.48. The van der Waals surface area contributed by atoms with Gasteiger partial charge in [0.15, 0.2) is 11.6 Å². The molecule has 0 N–H and O–H groups in total. The number of rotatable bonds is 6. The first-order valence-corrected chi connectivity index (χ1v) is 8.08. The van der Waals surface area contributed by atoms with Crippen LogP contribution in [0.25, 0.3) is 0 Å². The van der Waals surface area contributed by atoms with E-state index in [-0.39, 0.29) is 35.1 Å². The van der Waals surface area contributed by atoms with E-state index in [4.69, 9.17) is 0 Å². The van der Waals surface area contributed by atoms with Crippen LogP contribution < -0.4 is 0 Å². The molecule has 0 amide bonds. The number of carbonyl (C=O) groups excluding carboxylic acids is 2. The molecule has 0 atom stereocenters. The molecular formula is C18H20N2O6. The quantitative estimate of drug-likeness (QED) is 0.567. The zero-order chi connectivity index (χ0) is 19.9. The van der Waals surface area contributed by atoms with Crippen molar-refractivity contribution in [2.45, 2.75) is 51.6 Å². The SMILES string of the molecule is CC(C)(CC1=C(CC(C)(C)[N+](=O)[O-])C(=O)c2ccccc2C1=O)[N+](=O)[O-]. The van der Waals surface area contributed by atoms with Gasteiger partial charge in [0.05, 0.1) is 0 Å². The summed E-state index contributed by atoms with van der Waals surface area (Å²) >= 11 is 0. The molecule has 0 saturated carbocycles. The average Bonchev–Trinajstić information content (AvgIpc) is 2.55. The maximum Gasteiger partial charge on any atom is 0.220 e. The van der Waals surface area contributed by atoms with Gasteiger partial charge in [-0.05, 0) is 0 Å². The standard InChI is InChI=1S/C18H20N2O6/c1-17(2,19(23)24)9-13-14(10-18(3,4)20(25)26)16(22)12-8-6-5-7-11(12)15(13)21/h5-8H,9-10H2,1-4H3. The Kier molecular flexibility index (Phi) is 4.81. The highest BCUT2D eigenvalue weighted by Gasteiger charge is 2.43. The first-order valence-electron chi connectivity index (χ1n) is 8.08. The summed E-state index contributed by atoms with van der Waals surface area (Å²) in [6, 6.07) is 6.19. The van der Waals surface area contributed by atoms with E-state index < -0.39 is 32.5 Å². The third-order valence-corrected chi connectivity index (χ3v) is 4.54. The maximum atomic E-state index is 12.9. The molecule has 0 unspecified atom stereocenters.